The summed E-state index contributed by atoms with van der Waals surface area (Å²) in [6.07, 6.45) is -0.235. The summed E-state index contributed by atoms with van der Waals surface area (Å²) in [5, 5.41) is 39.1. The van der Waals surface area contributed by atoms with Crippen molar-refractivity contribution in [2.24, 2.45) is 12.8 Å². The molecular formula is C22H34AgN7O11S. The zero-order valence-electron chi connectivity index (χ0n) is 23.1. The number of carboxylic acid groups (broad SMARTS) is 3. The van der Waals surface area contributed by atoms with Gasteiger partial charge in [0.05, 0.1) is 13.2 Å². The van der Waals surface area contributed by atoms with E-state index in [2.05, 4.69) is 29.9 Å². The van der Waals surface area contributed by atoms with Crippen molar-refractivity contribution >= 4 is 53.9 Å². The number of nitrogens with one attached hydrogen (secondary N) is 2. The first-order chi connectivity index (χ1) is 19.0. The predicted octanol–water partition coefficient (Wildman–Crippen LogP) is -5.03. The van der Waals surface area contributed by atoms with Crippen molar-refractivity contribution in [3.8, 4) is 0 Å². The van der Waals surface area contributed by atoms with Gasteiger partial charge >= 0.3 is 40.0 Å². The molecule has 1 aromatic heterocycles. The van der Waals surface area contributed by atoms with Crippen LogP contribution in [-0.4, -0.2) is 99.3 Å². The van der Waals surface area contributed by atoms with Gasteiger partial charge in [-0.15, -0.1) is 0 Å². The van der Waals surface area contributed by atoms with Gasteiger partial charge in [-0.25, -0.2) is 4.79 Å². The van der Waals surface area contributed by atoms with E-state index in [1.165, 1.54) is 4.57 Å². The number of carboxylic acids is 3. The van der Waals surface area contributed by atoms with Crippen LogP contribution in [0.5, 0.6) is 0 Å². The Morgan fingerprint density at radius 1 is 1.10 bits per heavy atom. The Morgan fingerprint density at radius 3 is 2.10 bits per heavy atom. The van der Waals surface area contributed by atoms with E-state index < -0.39 is 59.6 Å². The standard InChI is InChI=1S/C10H14N4O3.C10H17N3O6S.C2H4O2.Ag/c1-11-6-12(2)8-7(11)9(16)14(4-5-15)10(17)13(8)3;11-5(10(18)19)1-2-7(14)13-6(4-20)9(17)12-3-8(15)16;1-2(3)4;/h15H,4-5H2,1-3H3;5-6,20H,1-4,11H2,(H,12,17)(H,13,14)(H,15,16)(H,18,19);1H3,(H,3,4);/q;;;+1/p-1/t;5-,6-;;/m.0../s1. The molecule has 0 saturated heterocycles. The summed E-state index contributed by atoms with van der Waals surface area (Å²) in [5.41, 5.74) is 4.78. The monoisotopic (exact) mass is 711 g/mol. The molecule has 7 N–H and O–H groups in total. The third kappa shape index (κ3) is 13.1. The van der Waals surface area contributed by atoms with Gasteiger partial charge in [0.25, 0.3) is 5.56 Å². The van der Waals surface area contributed by atoms with Crippen molar-refractivity contribution in [2.45, 2.75) is 38.4 Å². The van der Waals surface area contributed by atoms with Crippen LogP contribution in [0, 0.1) is 6.67 Å². The molecule has 2 radical (unpaired) electrons. The Balaban J connectivity index is 0. The maximum absolute atomic E-state index is 12.1. The number of nitrogens with two attached hydrogens (primary N) is 1. The molecule has 20 heteroatoms. The normalized spacial score (nSPS) is 12.6. The summed E-state index contributed by atoms with van der Waals surface area (Å²) in [4.78, 5) is 79.8. The number of rotatable bonds is 11. The summed E-state index contributed by atoms with van der Waals surface area (Å²) in [6, 6.07) is -2.15. The van der Waals surface area contributed by atoms with E-state index in [9.17, 15) is 28.8 Å². The number of fused-ring (bicyclic) bond motifs is 1. The molecule has 2 atom stereocenters. The molecule has 18 nitrogen and oxygen atoms in total. The van der Waals surface area contributed by atoms with Crippen LogP contribution in [0.2, 0.25) is 0 Å². The van der Waals surface area contributed by atoms with Crippen molar-refractivity contribution in [3.63, 3.8) is 0 Å². The van der Waals surface area contributed by atoms with Crippen LogP contribution >= 0.6 is 12.6 Å². The average Bonchev–Trinajstić information content (AvgIpc) is 3.19. The molecule has 0 saturated carbocycles. The SMILES string of the molecule is CC(=O)[O-].CN1[C]N(C)c2c1c(=O)n(CCO)c(=O)n2C.N[C@@H](CCC(=O)N[C@@H](CS)C(=O)NCC(=O)O)C(=O)O.[Ag+]. The molecule has 0 fully saturated rings. The summed E-state index contributed by atoms with van der Waals surface area (Å²) in [5.74, 6) is -4.28. The second kappa shape index (κ2) is 19.7. The molecule has 2 amide bonds. The number of nitrogens with zero attached hydrogens (tertiary/aromatic N) is 4. The van der Waals surface area contributed by atoms with Crippen LogP contribution in [-0.2, 0) is 59.9 Å². The molecule has 2 rings (SSSR count). The molecule has 1 aliphatic rings. The van der Waals surface area contributed by atoms with Crippen LogP contribution in [0.15, 0.2) is 9.59 Å². The molecule has 0 aliphatic carbocycles. The van der Waals surface area contributed by atoms with E-state index in [4.69, 9.17) is 31.0 Å². The second-order valence-electron chi connectivity index (χ2n) is 8.30. The minimum atomic E-state index is -1.22. The maximum Gasteiger partial charge on any atom is 1.00 e. The first-order valence-corrected chi connectivity index (χ1v) is 12.4. The number of amides is 2. The Bertz CT molecular complexity index is 1220. The van der Waals surface area contributed by atoms with Crippen molar-refractivity contribution < 1.29 is 66.8 Å². The number of aliphatic carboxylic acids is 3. The Kier molecular flexibility index (Phi) is 19.1. The summed E-state index contributed by atoms with van der Waals surface area (Å²) < 4.78 is 2.40. The number of hydrogen-bond donors (Lipinski definition) is 7. The Morgan fingerprint density at radius 2 is 1.64 bits per heavy atom. The van der Waals surface area contributed by atoms with E-state index in [1.54, 1.807) is 30.9 Å². The Labute approximate surface area is 261 Å². The van der Waals surface area contributed by atoms with Gasteiger partial charge in [-0.3, -0.25) is 33.1 Å². The van der Waals surface area contributed by atoms with Gasteiger partial charge in [0.1, 0.15) is 30.1 Å². The molecule has 1 aliphatic heterocycles. The third-order valence-corrected chi connectivity index (χ3v) is 5.38. The average molecular weight is 712 g/mol. The number of anilines is 2. The molecule has 240 valence electrons. The van der Waals surface area contributed by atoms with Crippen LogP contribution in [0.25, 0.3) is 0 Å². The summed E-state index contributed by atoms with van der Waals surface area (Å²) in [6.45, 7) is 3.04. The Hall–Kier alpha value is -3.36. The number of hydrogen-bond acceptors (Lipinski definition) is 13. The molecule has 1 aromatic rings. The number of thiol groups is 1. The zero-order chi connectivity index (χ0) is 32.0. The fourth-order valence-electron chi connectivity index (χ4n) is 3.19. The van der Waals surface area contributed by atoms with E-state index in [-0.39, 0.29) is 54.1 Å². The van der Waals surface area contributed by atoms with Gasteiger partial charge in [-0.05, 0) is 13.3 Å². The van der Waals surface area contributed by atoms with Crippen LogP contribution in [0.1, 0.15) is 19.8 Å². The minimum absolute atomic E-state index is 0. The number of aromatic nitrogens is 2. The fourth-order valence-corrected chi connectivity index (χ4v) is 3.45. The van der Waals surface area contributed by atoms with E-state index in [1.807, 2.05) is 0 Å². The maximum atomic E-state index is 12.1. The topological polar surface area (TPSA) is 270 Å². The van der Waals surface area contributed by atoms with E-state index in [0.717, 1.165) is 11.5 Å². The van der Waals surface area contributed by atoms with Crippen LogP contribution in [0.4, 0.5) is 11.5 Å². The molecule has 2 heterocycles. The van der Waals surface area contributed by atoms with Crippen molar-refractivity contribution in [2.75, 3.05) is 42.8 Å². The van der Waals surface area contributed by atoms with Crippen molar-refractivity contribution in [1.29, 1.82) is 0 Å². The molecule has 0 aromatic carbocycles. The first-order valence-electron chi connectivity index (χ1n) is 11.7. The van der Waals surface area contributed by atoms with Gasteiger partial charge in [-0.2, -0.15) is 12.6 Å². The number of aliphatic hydroxyl groups is 1. The van der Waals surface area contributed by atoms with Gasteiger partial charge in [0, 0.05) is 39.3 Å². The second-order valence-corrected chi connectivity index (χ2v) is 8.67. The van der Waals surface area contributed by atoms with Gasteiger partial charge in [0.2, 0.25) is 18.5 Å². The molecule has 42 heavy (non-hydrogen) atoms. The molecular weight excluding hydrogens is 678 g/mol. The predicted molar refractivity (Wildman–Crippen MR) is 145 cm³/mol. The molecule has 0 spiro atoms. The van der Waals surface area contributed by atoms with Crippen LogP contribution in [0.3, 0.4) is 0 Å². The number of carbonyl (C=O) groups excluding carboxylic acids is 3. The number of carbonyl (C=O) groups is 5. The smallest absolute Gasteiger partial charge is 0.550 e. The first kappa shape index (κ1) is 40.8. The fraction of sp³-hybridized carbons (Fsp3) is 0.545. The van der Waals surface area contributed by atoms with Crippen molar-refractivity contribution in [1.82, 2.24) is 19.8 Å². The largest absolute Gasteiger partial charge is 1.00 e. The summed E-state index contributed by atoms with van der Waals surface area (Å²) in [7, 11) is 5.00. The van der Waals surface area contributed by atoms with Gasteiger partial charge in [0.15, 0.2) is 0 Å². The quantitative estimate of drug-likeness (QED) is 0.0837. The summed E-state index contributed by atoms with van der Waals surface area (Å²) >= 11 is 3.87. The van der Waals surface area contributed by atoms with E-state index >= 15 is 0 Å². The van der Waals surface area contributed by atoms with Gasteiger partial charge in [-0.1, -0.05) is 0 Å². The van der Waals surface area contributed by atoms with E-state index in [0.29, 0.717) is 11.5 Å². The zero-order valence-corrected chi connectivity index (χ0v) is 25.5. The number of aliphatic hydroxyl groups excluding tert-OH is 1. The minimum Gasteiger partial charge on any atom is -0.550 e. The van der Waals surface area contributed by atoms with Crippen molar-refractivity contribution in [3.05, 3.63) is 27.5 Å². The van der Waals surface area contributed by atoms with Gasteiger partial charge < -0.3 is 51.4 Å². The molecule has 0 bridgehead atoms. The molecule has 0 unspecified atom stereocenters. The van der Waals surface area contributed by atoms with Crippen LogP contribution < -0.4 is 42.5 Å². The third-order valence-electron chi connectivity index (χ3n) is 5.02.